The minimum Gasteiger partial charge on any atom is -0.322 e. The van der Waals surface area contributed by atoms with Crippen LogP contribution in [0.3, 0.4) is 0 Å². The van der Waals surface area contributed by atoms with Crippen LogP contribution in [0.25, 0.3) is 0 Å². The maximum Gasteiger partial charge on any atom is 0.276 e. The first kappa shape index (κ1) is 19.1. The monoisotopic (exact) mass is 397 g/mol. The molecule has 7 heteroatoms. The summed E-state index contributed by atoms with van der Waals surface area (Å²) < 4.78 is 0. The number of pyridine rings is 1. The van der Waals surface area contributed by atoms with Crippen LogP contribution < -0.4 is 10.6 Å². The summed E-state index contributed by atoms with van der Waals surface area (Å²) >= 11 is 0. The fourth-order valence-electron chi connectivity index (χ4n) is 2.96. The van der Waals surface area contributed by atoms with Gasteiger partial charge in [-0.3, -0.25) is 19.7 Å². The van der Waals surface area contributed by atoms with Gasteiger partial charge in [0.05, 0.1) is 0 Å². The number of nitrogens with zero attached hydrogens (tertiary/aromatic N) is 2. The molecule has 0 atom stereocenters. The maximum absolute atomic E-state index is 12.5. The van der Waals surface area contributed by atoms with E-state index < -0.39 is 0 Å². The molecule has 2 amide bonds. The highest BCUT2D eigenvalue weighted by molar-refractivity contribution is 6.05. The molecule has 0 aliphatic rings. The predicted octanol–water partition coefficient (Wildman–Crippen LogP) is 3.90. The Kier molecular flexibility index (Phi) is 5.61. The number of benzene rings is 2. The van der Waals surface area contributed by atoms with Gasteiger partial charge in [0, 0.05) is 41.4 Å². The van der Waals surface area contributed by atoms with Crippen molar-refractivity contribution in [2.24, 2.45) is 0 Å². The Bertz CT molecular complexity index is 1160. The Balaban J connectivity index is 1.40. The molecule has 0 saturated heterocycles. The minimum atomic E-state index is -0.330. The summed E-state index contributed by atoms with van der Waals surface area (Å²) in [6.45, 7) is 0. The smallest absolute Gasteiger partial charge is 0.276 e. The quantitative estimate of drug-likeness (QED) is 0.459. The van der Waals surface area contributed by atoms with Gasteiger partial charge in [0.2, 0.25) is 0 Å². The molecule has 0 aliphatic heterocycles. The summed E-state index contributed by atoms with van der Waals surface area (Å²) in [5, 5.41) is 12.6. The molecule has 7 nitrogen and oxygen atoms in total. The number of H-pyrrole nitrogens is 1. The van der Waals surface area contributed by atoms with Crippen LogP contribution >= 0.6 is 0 Å². The zero-order valence-electron chi connectivity index (χ0n) is 16.0. The van der Waals surface area contributed by atoms with Gasteiger partial charge in [0.25, 0.3) is 11.8 Å². The van der Waals surface area contributed by atoms with Crippen LogP contribution in [0, 0.1) is 0 Å². The summed E-state index contributed by atoms with van der Waals surface area (Å²) in [5.41, 5.74) is 3.91. The average Bonchev–Trinajstić information content (AvgIpc) is 3.24. The van der Waals surface area contributed by atoms with Crippen molar-refractivity contribution < 1.29 is 9.59 Å². The lowest BCUT2D eigenvalue weighted by molar-refractivity contribution is 0.101. The SMILES string of the molecule is O=C(Nc1cccc(NC(=O)c2cc(Cc3ccccc3)[nH]n2)c1)c1ccncc1. The highest BCUT2D eigenvalue weighted by atomic mass is 16.2. The Morgan fingerprint density at radius 2 is 1.50 bits per heavy atom. The third-order valence-electron chi connectivity index (χ3n) is 4.42. The molecule has 0 saturated carbocycles. The zero-order chi connectivity index (χ0) is 20.8. The van der Waals surface area contributed by atoms with E-state index in [9.17, 15) is 9.59 Å². The molecule has 0 bridgehead atoms. The number of anilines is 2. The third kappa shape index (κ3) is 4.77. The molecule has 2 aromatic carbocycles. The lowest BCUT2D eigenvalue weighted by atomic mass is 10.1. The largest absolute Gasteiger partial charge is 0.322 e. The van der Waals surface area contributed by atoms with Gasteiger partial charge in [0.1, 0.15) is 0 Å². The van der Waals surface area contributed by atoms with E-state index in [-0.39, 0.29) is 11.8 Å². The van der Waals surface area contributed by atoms with E-state index in [0.29, 0.717) is 29.1 Å². The van der Waals surface area contributed by atoms with Gasteiger partial charge in [0.15, 0.2) is 5.69 Å². The summed E-state index contributed by atoms with van der Waals surface area (Å²) in [5.74, 6) is -0.582. The highest BCUT2D eigenvalue weighted by Gasteiger charge is 2.12. The van der Waals surface area contributed by atoms with Crippen molar-refractivity contribution in [3.63, 3.8) is 0 Å². The topological polar surface area (TPSA) is 99.8 Å². The van der Waals surface area contributed by atoms with E-state index in [1.807, 2.05) is 30.3 Å². The molecule has 0 radical (unpaired) electrons. The zero-order valence-corrected chi connectivity index (χ0v) is 16.0. The number of rotatable bonds is 6. The molecule has 4 aromatic rings. The van der Waals surface area contributed by atoms with Crippen LogP contribution in [0.5, 0.6) is 0 Å². The maximum atomic E-state index is 12.5. The van der Waals surface area contributed by atoms with Gasteiger partial charge in [-0.2, -0.15) is 5.10 Å². The molecular weight excluding hydrogens is 378 g/mol. The normalized spacial score (nSPS) is 10.4. The fourth-order valence-corrected chi connectivity index (χ4v) is 2.96. The van der Waals surface area contributed by atoms with Crippen molar-refractivity contribution in [2.45, 2.75) is 6.42 Å². The van der Waals surface area contributed by atoms with Crippen molar-refractivity contribution in [2.75, 3.05) is 10.6 Å². The van der Waals surface area contributed by atoms with E-state index in [2.05, 4.69) is 25.8 Å². The molecule has 0 spiro atoms. The Labute approximate surface area is 173 Å². The Morgan fingerprint density at radius 3 is 2.23 bits per heavy atom. The number of hydrogen-bond donors (Lipinski definition) is 3. The van der Waals surface area contributed by atoms with Crippen LogP contribution in [-0.2, 0) is 6.42 Å². The van der Waals surface area contributed by atoms with E-state index in [0.717, 1.165) is 11.3 Å². The second-order valence-electron chi connectivity index (χ2n) is 6.67. The molecular formula is C23H19N5O2. The first-order valence-electron chi connectivity index (χ1n) is 9.38. The molecule has 2 aromatic heterocycles. The Morgan fingerprint density at radius 1 is 0.800 bits per heavy atom. The van der Waals surface area contributed by atoms with Crippen LogP contribution in [0.2, 0.25) is 0 Å². The summed E-state index contributed by atoms with van der Waals surface area (Å²) in [6, 6.07) is 21.9. The van der Waals surface area contributed by atoms with E-state index >= 15 is 0 Å². The third-order valence-corrected chi connectivity index (χ3v) is 4.42. The molecule has 30 heavy (non-hydrogen) atoms. The molecule has 4 rings (SSSR count). The van der Waals surface area contributed by atoms with Gasteiger partial charge < -0.3 is 10.6 Å². The number of aromatic nitrogens is 3. The van der Waals surface area contributed by atoms with Gasteiger partial charge >= 0.3 is 0 Å². The lowest BCUT2D eigenvalue weighted by Gasteiger charge is -2.08. The van der Waals surface area contributed by atoms with E-state index in [4.69, 9.17) is 0 Å². The van der Waals surface area contributed by atoms with Crippen LogP contribution in [0.1, 0.15) is 32.1 Å². The van der Waals surface area contributed by atoms with Crippen molar-refractivity contribution in [3.8, 4) is 0 Å². The van der Waals surface area contributed by atoms with Gasteiger partial charge in [-0.1, -0.05) is 36.4 Å². The lowest BCUT2D eigenvalue weighted by Crippen LogP contribution is -2.14. The van der Waals surface area contributed by atoms with Gasteiger partial charge in [-0.05, 0) is 42.0 Å². The summed E-state index contributed by atoms with van der Waals surface area (Å²) in [7, 11) is 0. The minimum absolute atomic E-state index is 0.251. The highest BCUT2D eigenvalue weighted by Crippen LogP contribution is 2.17. The predicted molar refractivity (Wildman–Crippen MR) is 114 cm³/mol. The Hall–Kier alpha value is -4.26. The summed E-state index contributed by atoms with van der Waals surface area (Å²) in [4.78, 5) is 28.7. The molecule has 3 N–H and O–H groups in total. The van der Waals surface area contributed by atoms with Crippen LogP contribution in [0.4, 0.5) is 11.4 Å². The first-order chi connectivity index (χ1) is 14.7. The van der Waals surface area contributed by atoms with Crippen molar-refractivity contribution in [1.82, 2.24) is 15.2 Å². The first-order valence-corrected chi connectivity index (χ1v) is 9.38. The van der Waals surface area contributed by atoms with Gasteiger partial charge in [-0.25, -0.2) is 0 Å². The second-order valence-corrected chi connectivity index (χ2v) is 6.67. The van der Waals surface area contributed by atoms with Crippen LogP contribution in [0.15, 0.2) is 85.2 Å². The molecule has 0 aliphatic carbocycles. The number of carbonyl (C=O) groups excluding carboxylic acids is 2. The molecule has 2 heterocycles. The van der Waals surface area contributed by atoms with Gasteiger partial charge in [-0.15, -0.1) is 0 Å². The van der Waals surface area contributed by atoms with Crippen LogP contribution in [-0.4, -0.2) is 27.0 Å². The average molecular weight is 397 g/mol. The standard InChI is InChI=1S/C23H19N5O2/c29-22(17-9-11-24-12-10-17)25-18-7-4-8-19(14-18)26-23(30)21-15-20(27-28-21)13-16-5-2-1-3-6-16/h1-12,14-15H,13H2,(H,25,29)(H,26,30)(H,27,28). The second kappa shape index (κ2) is 8.83. The van der Waals surface area contributed by atoms with E-state index in [1.54, 1.807) is 54.9 Å². The van der Waals surface area contributed by atoms with E-state index in [1.165, 1.54) is 0 Å². The molecule has 0 fully saturated rings. The summed E-state index contributed by atoms with van der Waals surface area (Å²) in [6.07, 6.45) is 3.78. The van der Waals surface area contributed by atoms with Crippen molar-refractivity contribution in [1.29, 1.82) is 0 Å². The van der Waals surface area contributed by atoms with Crippen molar-refractivity contribution >= 4 is 23.2 Å². The fraction of sp³-hybridized carbons (Fsp3) is 0.0435. The number of aromatic amines is 1. The number of carbonyl (C=O) groups is 2. The number of amides is 2. The number of hydrogen-bond acceptors (Lipinski definition) is 4. The molecule has 148 valence electrons. The molecule has 0 unspecified atom stereocenters. The van der Waals surface area contributed by atoms with Crippen molar-refractivity contribution in [3.05, 3.63) is 108 Å². The number of nitrogens with one attached hydrogen (secondary N) is 3.